The quantitative estimate of drug-likeness (QED) is 0.556. The van der Waals surface area contributed by atoms with E-state index in [1.165, 1.54) is 6.38 Å². The molecule has 0 aromatic carbocycles. The molecule has 0 aliphatic rings. The van der Waals surface area contributed by atoms with E-state index in [0.717, 1.165) is 6.42 Å². The van der Waals surface area contributed by atoms with Crippen LogP contribution in [0.3, 0.4) is 0 Å². The molecule has 0 aliphatic carbocycles. The van der Waals surface area contributed by atoms with Crippen molar-refractivity contribution in [3.63, 3.8) is 0 Å². The lowest BCUT2D eigenvalue weighted by atomic mass is 10.1. The molecule has 13 heavy (non-hydrogen) atoms. The Labute approximate surface area is 85.5 Å². The maximum absolute atomic E-state index is 10.7. The van der Waals surface area contributed by atoms with E-state index in [-0.39, 0.29) is 6.04 Å². The van der Waals surface area contributed by atoms with Crippen LogP contribution in [0.5, 0.6) is 0 Å². The van der Waals surface area contributed by atoms with Gasteiger partial charge in [0, 0.05) is 18.0 Å². The zero-order chi connectivity index (χ0) is 11.0. The number of primary amides is 1. The van der Waals surface area contributed by atoms with Gasteiger partial charge in [0.25, 0.3) is 0 Å². The van der Waals surface area contributed by atoms with Gasteiger partial charge in [-0.2, -0.15) is 0 Å². The van der Waals surface area contributed by atoms with Gasteiger partial charge in [0.15, 0.2) is 0 Å². The van der Waals surface area contributed by atoms with Gasteiger partial charge >= 0.3 is 0 Å². The number of alkyl halides is 1. The predicted octanol–water partition coefficient (Wildman–Crippen LogP) is 1.22. The van der Waals surface area contributed by atoms with Crippen molar-refractivity contribution < 1.29 is 4.79 Å². The van der Waals surface area contributed by atoms with E-state index >= 15 is 0 Å². The number of hydrogen-bond acceptors (Lipinski definition) is 2. The molecule has 4 heteroatoms. The standard InChI is InChI=1S/C8H16N2O.CH3Cl/c1-5-7(10(3)4)6(2)8(9)11;1-2/h7H,2,5H2,1,3-4H3,(H2,9,11);1H3. The van der Waals surface area contributed by atoms with Gasteiger partial charge in [-0.05, 0) is 20.5 Å². The smallest absolute Gasteiger partial charge is 0.245 e. The van der Waals surface area contributed by atoms with Crippen molar-refractivity contribution >= 4 is 17.5 Å². The molecule has 0 saturated heterocycles. The lowest BCUT2D eigenvalue weighted by Gasteiger charge is -2.22. The number of nitrogens with two attached hydrogens (primary N) is 1. The maximum Gasteiger partial charge on any atom is 0.245 e. The first-order valence-electron chi connectivity index (χ1n) is 4.03. The molecule has 0 fully saturated rings. The molecule has 0 heterocycles. The van der Waals surface area contributed by atoms with Crippen molar-refractivity contribution in [3.8, 4) is 0 Å². The SMILES string of the molecule is C=C(C(N)=O)C(CC)N(C)C.CCl. The summed E-state index contributed by atoms with van der Waals surface area (Å²) in [5, 5.41) is 0. The van der Waals surface area contributed by atoms with Gasteiger partial charge < -0.3 is 10.6 Å². The summed E-state index contributed by atoms with van der Waals surface area (Å²) in [6.07, 6.45) is 2.33. The number of nitrogens with zero attached hydrogens (tertiary/aromatic N) is 1. The van der Waals surface area contributed by atoms with Crippen LogP contribution in [0.15, 0.2) is 12.2 Å². The summed E-state index contributed by atoms with van der Waals surface area (Å²) in [6.45, 7) is 5.63. The predicted molar refractivity (Wildman–Crippen MR) is 57.9 cm³/mol. The van der Waals surface area contributed by atoms with Crippen molar-refractivity contribution in [1.82, 2.24) is 4.90 Å². The topological polar surface area (TPSA) is 46.3 Å². The van der Waals surface area contributed by atoms with Crippen molar-refractivity contribution in [3.05, 3.63) is 12.2 Å². The van der Waals surface area contributed by atoms with Crippen LogP contribution in [0.2, 0.25) is 0 Å². The number of amides is 1. The molecule has 0 spiro atoms. The molecule has 0 rings (SSSR count). The Kier molecular flexibility index (Phi) is 9.29. The average Bonchev–Trinajstić information content (AvgIpc) is 2.08. The number of carbonyl (C=O) groups excluding carboxylic acids is 1. The molecule has 0 bridgehead atoms. The summed E-state index contributed by atoms with van der Waals surface area (Å²) in [6, 6.07) is 0.0764. The molecule has 78 valence electrons. The third-order valence-corrected chi connectivity index (χ3v) is 1.73. The summed E-state index contributed by atoms with van der Waals surface area (Å²) in [5.74, 6) is -0.412. The summed E-state index contributed by atoms with van der Waals surface area (Å²) < 4.78 is 0. The van der Waals surface area contributed by atoms with Crippen molar-refractivity contribution in [1.29, 1.82) is 0 Å². The van der Waals surface area contributed by atoms with E-state index < -0.39 is 5.91 Å². The van der Waals surface area contributed by atoms with Crippen molar-refractivity contribution in [2.24, 2.45) is 5.73 Å². The van der Waals surface area contributed by atoms with E-state index in [1.54, 1.807) is 0 Å². The zero-order valence-corrected chi connectivity index (χ0v) is 9.56. The molecule has 2 N–H and O–H groups in total. The van der Waals surface area contributed by atoms with E-state index in [2.05, 4.69) is 18.2 Å². The highest BCUT2D eigenvalue weighted by Gasteiger charge is 2.16. The van der Waals surface area contributed by atoms with Crippen LogP contribution in [-0.2, 0) is 4.79 Å². The Morgan fingerprint density at radius 2 is 1.92 bits per heavy atom. The Balaban J connectivity index is 0. The molecule has 0 aliphatic heterocycles. The molecule has 1 atom stereocenters. The lowest BCUT2D eigenvalue weighted by Crippen LogP contribution is -2.34. The summed E-state index contributed by atoms with van der Waals surface area (Å²) in [7, 11) is 3.81. The zero-order valence-electron chi connectivity index (χ0n) is 8.80. The van der Waals surface area contributed by atoms with Crippen LogP contribution in [0.25, 0.3) is 0 Å². The second-order valence-corrected chi connectivity index (χ2v) is 2.78. The lowest BCUT2D eigenvalue weighted by molar-refractivity contribution is -0.115. The first-order chi connectivity index (χ1) is 6.00. The van der Waals surface area contributed by atoms with Crippen molar-refractivity contribution in [2.45, 2.75) is 19.4 Å². The van der Waals surface area contributed by atoms with Crippen LogP contribution in [-0.4, -0.2) is 37.3 Å². The van der Waals surface area contributed by atoms with Gasteiger partial charge in [-0.25, -0.2) is 0 Å². The number of carbonyl (C=O) groups is 1. The van der Waals surface area contributed by atoms with E-state index in [4.69, 9.17) is 5.73 Å². The molecule has 0 aromatic rings. The summed E-state index contributed by atoms with van der Waals surface area (Å²) in [4.78, 5) is 12.6. The second kappa shape index (κ2) is 8.08. The maximum atomic E-state index is 10.7. The van der Waals surface area contributed by atoms with E-state index in [9.17, 15) is 4.79 Å². The first-order valence-corrected chi connectivity index (χ1v) is 4.79. The summed E-state index contributed by atoms with van der Waals surface area (Å²) in [5.41, 5.74) is 5.57. The number of hydrogen-bond donors (Lipinski definition) is 1. The minimum atomic E-state index is -0.412. The van der Waals surface area contributed by atoms with Crippen LogP contribution in [0, 0.1) is 0 Å². The fourth-order valence-corrected chi connectivity index (χ4v) is 1.09. The Hall–Kier alpha value is -0.540. The van der Waals surface area contributed by atoms with Gasteiger partial charge in [-0.3, -0.25) is 4.79 Å². The first kappa shape index (κ1) is 15.0. The molecular formula is C9H19ClN2O. The minimum Gasteiger partial charge on any atom is -0.366 e. The average molecular weight is 207 g/mol. The Bertz CT molecular complexity index is 169. The van der Waals surface area contributed by atoms with Gasteiger partial charge in [-0.1, -0.05) is 13.5 Å². The minimum absolute atomic E-state index is 0.0764. The highest BCUT2D eigenvalue weighted by Crippen LogP contribution is 2.08. The third kappa shape index (κ3) is 5.66. The molecule has 0 aromatic heterocycles. The van der Waals surface area contributed by atoms with Gasteiger partial charge in [0.2, 0.25) is 5.91 Å². The van der Waals surface area contributed by atoms with Crippen LogP contribution < -0.4 is 5.73 Å². The molecule has 1 amide bonds. The normalized spacial score (nSPS) is 11.5. The monoisotopic (exact) mass is 206 g/mol. The molecule has 1 unspecified atom stereocenters. The highest BCUT2D eigenvalue weighted by molar-refractivity contribution is 6.15. The van der Waals surface area contributed by atoms with Gasteiger partial charge in [-0.15, -0.1) is 11.6 Å². The Morgan fingerprint density at radius 3 is 2.00 bits per heavy atom. The summed E-state index contributed by atoms with van der Waals surface area (Å²) >= 11 is 4.64. The number of halogens is 1. The van der Waals surface area contributed by atoms with Gasteiger partial charge in [0.1, 0.15) is 0 Å². The molecule has 0 saturated carbocycles. The number of likely N-dealkylation sites (N-methyl/N-ethyl adjacent to an activating group) is 1. The second-order valence-electron chi connectivity index (χ2n) is 2.78. The third-order valence-electron chi connectivity index (χ3n) is 1.73. The molecule has 0 radical (unpaired) electrons. The largest absolute Gasteiger partial charge is 0.366 e. The van der Waals surface area contributed by atoms with Crippen LogP contribution in [0.1, 0.15) is 13.3 Å². The van der Waals surface area contributed by atoms with E-state index in [1.807, 2.05) is 25.9 Å². The molecule has 3 nitrogen and oxygen atoms in total. The van der Waals surface area contributed by atoms with Crippen molar-refractivity contribution in [2.75, 3.05) is 20.5 Å². The van der Waals surface area contributed by atoms with E-state index in [0.29, 0.717) is 5.57 Å². The van der Waals surface area contributed by atoms with Crippen LogP contribution >= 0.6 is 11.6 Å². The highest BCUT2D eigenvalue weighted by atomic mass is 35.5. The van der Waals surface area contributed by atoms with Gasteiger partial charge in [0.05, 0.1) is 0 Å². The number of rotatable bonds is 4. The fraction of sp³-hybridized carbons (Fsp3) is 0.667. The fourth-order valence-electron chi connectivity index (χ4n) is 1.09. The van der Waals surface area contributed by atoms with Crippen LogP contribution in [0.4, 0.5) is 0 Å². The molecular weight excluding hydrogens is 188 g/mol. The Morgan fingerprint density at radius 1 is 1.54 bits per heavy atom.